The van der Waals surface area contributed by atoms with Crippen molar-refractivity contribution in [3.8, 4) is 0 Å². The smallest absolute Gasteiger partial charge is 0.321 e. The first kappa shape index (κ1) is 19.6. The number of carbonyl (C=O) groups is 2. The van der Waals surface area contributed by atoms with E-state index in [1.54, 1.807) is 23.5 Å². The molecule has 6 N–H and O–H groups in total. The molecule has 0 aromatic rings. The summed E-state index contributed by atoms with van der Waals surface area (Å²) in [5.41, 5.74) is 10.8. The van der Waals surface area contributed by atoms with E-state index >= 15 is 0 Å². The zero-order valence-corrected chi connectivity index (χ0v) is 13.1. The number of unbranched alkanes of at least 4 members (excludes halogenated alkanes) is 3. The van der Waals surface area contributed by atoms with Gasteiger partial charge in [-0.15, -0.1) is 0 Å². The summed E-state index contributed by atoms with van der Waals surface area (Å²) < 4.78 is 0. The van der Waals surface area contributed by atoms with Gasteiger partial charge in [-0.2, -0.15) is 23.5 Å². The molecular weight excluding hydrogens is 300 g/mol. The van der Waals surface area contributed by atoms with Crippen molar-refractivity contribution < 1.29 is 19.8 Å². The number of nitrogens with two attached hydrogens (primary N) is 2. The lowest BCUT2D eigenvalue weighted by Crippen LogP contribution is -2.32. The summed E-state index contributed by atoms with van der Waals surface area (Å²) >= 11 is 3.14. The Bertz CT molecular complexity index is 265. The molecule has 0 bridgehead atoms. The highest BCUT2D eigenvalue weighted by molar-refractivity contribution is 7.99. The van der Waals surface area contributed by atoms with Gasteiger partial charge in [0.1, 0.15) is 12.1 Å². The molecule has 0 heterocycles. The van der Waals surface area contributed by atoms with Gasteiger partial charge in [0.05, 0.1) is 0 Å². The van der Waals surface area contributed by atoms with Crippen LogP contribution >= 0.6 is 23.5 Å². The molecule has 118 valence electrons. The molecule has 2 atom stereocenters. The van der Waals surface area contributed by atoms with E-state index in [0.717, 1.165) is 37.2 Å². The second-order valence-corrected chi connectivity index (χ2v) is 6.75. The van der Waals surface area contributed by atoms with Gasteiger partial charge in [0.15, 0.2) is 0 Å². The van der Waals surface area contributed by atoms with Crippen molar-refractivity contribution in [1.29, 1.82) is 0 Å². The lowest BCUT2D eigenvalue weighted by atomic mass is 10.2. The minimum absolute atomic E-state index is 0.457. The standard InChI is InChI=1S/C12H24N2O4S2/c13-9(11(15)16)7-19-5-3-1-2-4-6-20-8-10(14)12(17)18/h9-10H,1-8,13-14H2,(H,15,16)(H,17,18)/t9-,10-/m0/s1. The Labute approximate surface area is 128 Å². The average Bonchev–Trinajstić information content (AvgIpc) is 2.39. The van der Waals surface area contributed by atoms with Gasteiger partial charge >= 0.3 is 11.9 Å². The van der Waals surface area contributed by atoms with Crippen LogP contribution in [0.15, 0.2) is 0 Å². The number of carboxylic acid groups (broad SMARTS) is 2. The van der Waals surface area contributed by atoms with Crippen LogP contribution in [0.1, 0.15) is 25.7 Å². The lowest BCUT2D eigenvalue weighted by molar-refractivity contribution is -0.138. The van der Waals surface area contributed by atoms with Crippen LogP contribution in [0.5, 0.6) is 0 Å². The highest BCUT2D eigenvalue weighted by Crippen LogP contribution is 2.11. The summed E-state index contributed by atoms with van der Waals surface area (Å²) in [5.74, 6) is 0.871. The number of carboxylic acids is 2. The molecule has 8 heteroatoms. The highest BCUT2D eigenvalue weighted by atomic mass is 32.2. The molecule has 0 aliphatic carbocycles. The topological polar surface area (TPSA) is 127 Å². The van der Waals surface area contributed by atoms with E-state index in [4.69, 9.17) is 21.7 Å². The van der Waals surface area contributed by atoms with E-state index in [9.17, 15) is 9.59 Å². The normalized spacial score (nSPS) is 13.9. The molecule has 0 rings (SSSR count). The van der Waals surface area contributed by atoms with E-state index in [-0.39, 0.29) is 0 Å². The van der Waals surface area contributed by atoms with Gasteiger partial charge in [-0.05, 0) is 24.3 Å². The van der Waals surface area contributed by atoms with Gasteiger partial charge in [0.2, 0.25) is 0 Å². The van der Waals surface area contributed by atoms with Gasteiger partial charge in [0.25, 0.3) is 0 Å². The molecule has 0 spiro atoms. The molecule has 20 heavy (non-hydrogen) atoms. The van der Waals surface area contributed by atoms with Gasteiger partial charge in [-0.25, -0.2) is 0 Å². The van der Waals surface area contributed by atoms with Crippen molar-refractivity contribution in [2.75, 3.05) is 23.0 Å². The summed E-state index contributed by atoms with van der Waals surface area (Å²) in [6.07, 6.45) is 4.30. The Balaban J connectivity index is 3.21. The second kappa shape index (κ2) is 12.3. The fourth-order valence-corrected chi connectivity index (χ4v) is 3.27. The second-order valence-electron chi connectivity index (χ2n) is 4.45. The van der Waals surface area contributed by atoms with E-state index in [2.05, 4.69) is 0 Å². The van der Waals surface area contributed by atoms with E-state index in [1.807, 2.05) is 0 Å². The van der Waals surface area contributed by atoms with E-state index in [1.165, 1.54) is 0 Å². The fourth-order valence-electron chi connectivity index (χ4n) is 1.32. The molecule has 0 fully saturated rings. The summed E-state index contributed by atoms with van der Waals surface area (Å²) in [5, 5.41) is 17.2. The number of hydrogen-bond acceptors (Lipinski definition) is 6. The molecule has 0 unspecified atom stereocenters. The Morgan fingerprint density at radius 3 is 1.45 bits per heavy atom. The quantitative estimate of drug-likeness (QED) is 0.367. The fraction of sp³-hybridized carbons (Fsp3) is 0.833. The summed E-state index contributed by atoms with van der Waals surface area (Å²) in [7, 11) is 0. The van der Waals surface area contributed by atoms with Crippen molar-refractivity contribution in [3.63, 3.8) is 0 Å². The average molecular weight is 324 g/mol. The van der Waals surface area contributed by atoms with Crippen LogP contribution in [0, 0.1) is 0 Å². The maximum atomic E-state index is 10.5. The van der Waals surface area contributed by atoms with Crippen LogP contribution in [-0.4, -0.2) is 57.2 Å². The third kappa shape index (κ3) is 11.4. The molecule has 0 saturated heterocycles. The number of hydrogen-bond donors (Lipinski definition) is 4. The monoisotopic (exact) mass is 324 g/mol. The molecule has 0 radical (unpaired) electrons. The van der Waals surface area contributed by atoms with Crippen molar-refractivity contribution in [1.82, 2.24) is 0 Å². The maximum absolute atomic E-state index is 10.5. The first-order valence-electron chi connectivity index (χ1n) is 6.57. The van der Waals surface area contributed by atoms with Crippen molar-refractivity contribution in [2.24, 2.45) is 11.5 Å². The minimum Gasteiger partial charge on any atom is -0.480 e. The van der Waals surface area contributed by atoms with Crippen LogP contribution in [-0.2, 0) is 9.59 Å². The van der Waals surface area contributed by atoms with Crippen LogP contribution in [0.3, 0.4) is 0 Å². The van der Waals surface area contributed by atoms with Crippen LogP contribution in [0.25, 0.3) is 0 Å². The van der Waals surface area contributed by atoms with Gasteiger partial charge in [-0.1, -0.05) is 12.8 Å². The van der Waals surface area contributed by atoms with E-state index in [0.29, 0.717) is 11.5 Å². The largest absolute Gasteiger partial charge is 0.480 e. The zero-order chi connectivity index (χ0) is 15.4. The van der Waals surface area contributed by atoms with Crippen molar-refractivity contribution >= 4 is 35.5 Å². The number of thioether (sulfide) groups is 2. The predicted molar refractivity (Wildman–Crippen MR) is 84.3 cm³/mol. The zero-order valence-electron chi connectivity index (χ0n) is 11.5. The summed E-state index contributed by atoms with van der Waals surface area (Å²) in [6.45, 7) is 0. The first-order valence-corrected chi connectivity index (χ1v) is 8.88. The third-order valence-corrected chi connectivity index (χ3v) is 4.90. The molecule has 6 nitrogen and oxygen atoms in total. The number of rotatable bonds is 13. The van der Waals surface area contributed by atoms with Crippen LogP contribution in [0.2, 0.25) is 0 Å². The van der Waals surface area contributed by atoms with Crippen molar-refractivity contribution in [2.45, 2.75) is 37.8 Å². The molecular formula is C12H24N2O4S2. The summed E-state index contributed by atoms with van der Waals surface area (Å²) in [4.78, 5) is 20.9. The van der Waals surface area contributed by atoms with Crippen LogP contribution < -0.4 is 11.5 Å². The molecule has 0 saturated carbocycles. The van der Waals surface area contributed by atoms with Gasteiger partial charge in [0, 0.05) is 11.5 Å². The van der Waals surface area contributed by atoms with E-state index < -0.39 is 24.0 Å². The van der Waals surface area contributed by atoms with Gasteiger partial charge < -0.3 is 21.7 Å². The maximum Gasteiger partial charge on any atom is 0.321 e. The van der Waals surface area contributed by atoms with Crippen molar-refractivity contribution in [3.05, 3.63) is 0 Å². The summed E-state index contributed by atoms with van der Waals surface area (Å²) in [6, 6.07) is -1.54. The highest BCUT2D eigenvalue weighted by Gasteiger charge is 2.11. The third-order valence-electron chi connectivity index (χ3n) is 2.56. The molecule has 0 aliphatic heterocycles. The van der Waals surface area contributed by atoms with Crippen LogP contribution in [0.4, 0.5) is 0 Å². The molecule has 0 amide bonds. The molecule has 0 aromatic carbocycles. The Morgan fingerprint density at radius 1 is 0.800 bits per heavy atom. The van der Waals surface area contributed by atoms with Gasteiger partial charge in [-0.3, -0.25) is 9.59 Å². The first-order chi connectivity index (χ1) is 9.45. The SMILES string of the molecule is N[C@@H](CSCCCCCCSC[C@H](N)C(=O)O)C(=O)O. The predicted octanol–water partition coefficient (Wildman–Crippen LogP) is 0.837. The lowest BCUT2D eigenvalue weighted by Gasteiger charge is -2.06. The molecule has 0 aliphatic rings. The molecule has 0 aromatic heterocycles. The Hall–Kier alpha value is -0.440. The minimum atomic E-state index is -0.950. The Kier molecular flexibility index (Phi) is 12.0. The number of aliphatic carboxylic acids is 2. The Morgan fingerprint density at radius 2 is 1.15 bits per heavy atom.